The molecule has 5 nitrogen and oxygen atoms in total. The minimum absolute atomic E-state index is 0.0839. The van der Waals surface area contributed by atoms with E-state index >= 15 is 0 Å². The molecule has 0 bridgehead atoms. The molecule has 2 N–H and O–H groups in total. The first-order valence-corrected chi connectivity index (χ1v) is 11.5. The first-order chi connectivity index (χ1) is 14.1. The van der Waals surface area contributed by atoms with Gasteiger partial charge < -0.3 is 5.11 Å². The van der Waals surface area contributed by atoms with Gasteiger partial charge in [-0.2, -0.15) is 0 Å². The fourth-order valence-corrected chi connectivity index (χ4v) is 4.46. The number of sulfonamides is 1. The van der Waals surface area contributed by atoms with Crippen LogP contribution < -0.4 is 4.72 Å². The van der Waals surface area contributed by atoms with Crippen LogP contribution in [0.2, 0.25) is 0 Å². The summed E-state index contributed by atoms with van der Waals surface area (Å²) in [5.41, 5.74) is 0.658. The maximum Gasteiger partial charge on any atom is 0.266 e. The second kappa shape index (κ2) is 9.04. The Morgan fingerprint density at radius 2 is 1.55 bits per heavy atom. The number of aliphatic hydroxyl groups is 1. The number of carbonyl (C=O) groups is 1. The highest BCUT2D eigenvalue weighted by atomic mass is 32.2. The maximum absolute atomic E-state index is 14.5. The molecule has 31 heavy (non-hydrogen) atoms. The molecule has 1 amide bonds. The number of carbonyl (C=O) groups excluding carboxylic acids is 1. The molecule has 0 saturated heterocycles. The Kier molecular flexibility index (Phi) is 7.28. The van der Waals surface area contributed by atoms with Gasteiger partial charge in [0, 0.05) is 0 Å². The van der Waals surface area contributed by atoms with Crippen molar-refractivity contribution >= 4 is 15.9 Å². The molecule has 0 radical (unpaired) electrons. The molecule has 170 valence electrons. The largest absolute Gasteiger partial charge is 0.386 e. The molecule has 0 aliphatic carbocycles. The van der Waals surface area contributed by atoms with Crippen molar-refractivity contribution < 1.29 is 27.1 Å². The predicted molar refractivity (Wildman–Crippen MR) is 115 cm³/mol. The molecule has 0 unspecified atom stereocenters. The predicted octanol–water partition coefficient (Wildman–Crippen LogP) is 4.49. The van der Waals surface area contributed by atoms with Crippen LogP contribution in [-0.2, 0) is 26.8 Å². The van der Waals surface area contributed by atoms with Crippen molar-refractivity contribution in [2.75, 3.05) is 0 Å². The zero-order valence-corrected chi connectivity index (χ0v) is 19.4. The first-order valence-electron chi connectivity index (χ1n) is 10.0. The summed E-state index contributed by atoms with van der Waals surface area (Å²) < 4.78 is 55.6. The average Bonchev–Trinajstić information content (AvgIpc) is 2.60. The van der Waals surface area contributed by atoms with Crippen molar-refractivity contribution in [1.29, 1.82) is 0 Å². The van der Waals surface area contributed by atoms with E-state index in [1.807, 2.05) is 32.4 Å². The second-order valence-electron chi connectivity index (χ2n) is 8.78. The van der Waals surface area contributed by atoms with Crippen molar-refractivity contribution in [1.82, 2.24) is 4.72 Å². The highest BCUT2D eigenvalue weighted by Gasteiger charge is 2.26. The topological polar surface area (TPSA) is 83.5 Å². The van der Waals surface area contributed by atoms with E-state index in [1.54, 1.807) is 0 Å². The molecule has 0 heterocycles. The maximum atomic E-state index is 14.5. The van der Waals surface area contributed by atoms with E-state index in [9.17, 15) is 27.1 Å². The lowest BCUT2D eigenvalue weighted by Crippen LogP contribution is -2.33. The Hall–Kier alpha value is -2.32. The molecular formula is C23H29F2NO4S. The van der Waals surface area contributed by atoms with Crippen LogP contribution in [0.4, 0.5) is 8.78 Å². The molecule has 0 fully saturated rings. The van der Waals surface area contributed by atoms with Crippen molar-refractivity contribution in [2.45, 2.75) is 70.3 Å². The molecule has 8 heteroatoms. The summed E-state index contributed by atoms with van der Waals surface area (Å²) in [6.45, 7) is 10.3. The van der Waals surface area contributed by atoms with E-state index in [1.165, 1.54) is 32.0 Å². The molecule has 0 aliphatic rings. The normalized spacial score (nSPS) is 12.5. The van der Waals surface area contributed by atoms with E-state index in [0.29, 0.717) is 16.7 Å². The number of amides is 1. The van der Waals surface area contributed by atoms with Gasteiger partial charge in [-0.25, -0.2) is 21.9 Å². The minimum Gasteiger partial charge on any atom is -0.386 e. The van der Waals surface area contributed by atoms with E-state index in [4.69, 9.17) is 0 Å². The zero-order valence-electron chi connectivity index (χ0n) is 18.6. The fourth-order valence-electron chi connectivity index (χ4n) is 3.41. The van der Waals surface area contributed by atoms with Crippen LogP contribution >= 0.6 is 0 Å². The Balaban J connectivity index is 2.37. The summed E-state index contributed by atoms with van der Waals surface area (Å²) in [6, 6.07) is 5.92. The van der Waals surface area contributed by atoms with Crippen LogP contribution in [0.3, 0.4) is 0 Å². The summed E-state index contributed by atoms with van der Waals surface area (Å²) in [7, 11) is -4.48. The Morgan fingerprint density at radius 3 is 1.97 bits per heavy atom. The van der Waals surface area contributed by atoms with Gasteiger partial charge in [0.2, 0.25) is 5.91 Å². The number of benzene rings is 2. The number of hydrogen-bond donors (Lipinski definition) is 2. The van der Waals surface area contributed by atoms with Crippen LogP contribution in [-0.4, -0.2) is 19.4 Å². The highest BCUT2D eigenvalue weighted by Crippen LogP contribution is 2.30. The quantitative estimate of drug-likeness (QED) is 0.647. The highest BCUT2D eigenvalue weighted by molar-refractivity contribution is 7.90. The Labute approximate surface area is 182 Å². The van der Waals surface area contributed by atoms with Gasteiger partial charge in [-0.15, -0.1) is 0 Å². The molecule has 0 atom stereocenters. The number of rotatable bonds is 7. The number of nitrogens with one attached hydrogen (secondary N) is 1. The van der Waals surface area contributed by atoms with Gasteiger partial charge in [0.15, 0.2) is 0 Å². The van der Waals surface area contributed by atoms with Crippen molar-refractivity contribution in [2.24, 2.45) is 0 Å². The van der Waals surface area contributed by atoms with Crippen LogP contribution in [0.5, 0.6) is 0 Å². The van der Waals surface area contributed by atoms with Crippen LogP contribution in [0, 0.1) is 11.6 Å². The molecule has 0 aliphatic heterocycles. The third-order valence-corrected chi connectivity index (χ3v) is 6.45. The molecule has 2 aromatic carbocycles. The van der Waals surface area contributed by atoms with Gasteiger partial charge in [-0.3, -0.25) is 4.79 Å². The summed E-state index contributed by atoms with van der Waals surface area (Å²) in [4.78, 5) is 11.9. The Morgan fingerprint density at radius 1 is 1.03 bits per heavy atom. The molecule has 0 spiro atoms. The average molecular weight is 454 g/mol. The third-order valence-electron chi connectivity index (χ3n) is 5.04. The van der Waals surface area contributed by atoms with Gasteiger partial charge in [0.1, 0.15) is 16.5 Å². The van der Waals surface area contributed by atoms with Crippen LogP contribution in [0.25, 0.3) is 0 Å². The summed E-state index contributed by atoms with van der Waals surface area (Å²) in [5, 5.41) is 9.97. The molecule has 2 aromatic rings. The van der Waals surface area contributed by atoms with Crippen LogP contribution in [0.1, 0.15) is 75.6 Å². The SMILES string of the molecule is CC(C)c1cc(F)cc(C(C)C)c1CC(=O)NS(=O)(=O)c1ccc(C(C)(C)O)cc1F. The number of hydrogen-bond acceptors (Lipinski definition) is 4. The van der Waals surface area contributed by atoms with Gasteiger partial charge in [0.25, 0.3) is 10.0 Å². The lowest BCUT2D eigenvalue weighted by molar-refractivity contribution is -0.118. The summed E-state index contributed by atoms with van der Waals surface area (Å²) in [5.74, 6) is -2.51. The molecule has 2 rings (SSSR count). The summed E-state index contributed by atoms with van der Waals surface area (Å²) >= 11 is 0. The standard InChI is InChI=1S/C23H29F2NO4S/c1-13(2)17-10-16(24)11-18(14(3)4)19(17)12-22(27)26-31(29,30)21-8-7-15(9-20(21)25)23(5,6)28/h7-11,13-14,28H,12H2,1-6H3,(H,26,27). The fraction of sp³-hybridized carbons (Fsp3) is 0.435. The van der Waals surface area contributed by atoms with Gasteiger partial charge >= 0.3 is 0 Å². The first kappa shape index (κ1) is 24.9. The van der Waals surface area contributed by atoms with Crippen molar-refractivity contribution in [3.63, 3.8) is 0 Å². The minimum atomic E-state index is -4.48. The van der Waals surface area contributed by atoms with E-state index in [2.05, 4.69) is 0 Å². The van der Waals surface area contributed by atoms with Crippen molar-refractivity contribution in [3.05, 3.63) is 64.2 Å². The number of halogens is 2. The van der Waals surface area contributed by atoms with Gasteiger partial charge in [0.05, 0.1) is 12.0 Å². The van der Waals surface area contributed by atoms with E-state index in [0.717, 1.165) is 12.1 Å². The third kappa shape index (κ3) is 5.89. The van der Waals surface area contributed by atoms with Gasteiger partial charge in [-0.1, -0.05) is 33.8 Å². The lowest BCUT2D eigenvalue weighted by Gasteiger charge is -2.20. The van der Waals surface area contributed by atoms with E-state index < -0.39 is 38.1 Å². The van der Waals surface area contributed by atoms with Crippen molar-refractivity contribution in [3.8, 4) is 0 Å². The lowest BCUT2D eigenvalue weighted by atomic mass is 9.87. The van der Waals surface area contributed by atoms with E-state index in [-0.39, 0.29) is 23.8 Å². The smallest absolute Gasteiger partial charge is 0.266 e. The molecule has 0 saturated carbocycles. The zero-order chi connectivity index (χ0) is 23.7. The van der Waals surface area contributed by atoms with Gasteiger partial charge in [-0.05, 0) is 72.2 Å². The molecular weight excluding hydrogens is 424 g/mol. The Bertz CT molecular complexity index is 1060. The summed E-state index contributed by atoms with van der Waals surface area (Å²) in [6.07, 6.45) is -0.288. The van der Waals surface area contributed by atoms with Crippen LogP contribution in [0.15, 0.2) is 35.2 Å². The second-order valence-corrected chi connectivity index (χ2v) is 10.4. The molecule has 0 aromatic heterocycles. The monoisotopic (exact) mass is 453 g/mol.